The summed E-state index contributed by atoms with van der Waals surface area (Å²) in [6, 6.07) is 0. The van der Waals surface area contributed by atoms with Crippen LogP contribution in [-0.4, -0.2) is 52.1 Å². The van der Waals surface area contributed by atoms with Crippen molar-refractivity contribution in [2.24, 2.45) is 5.92 Å². The molecule has 0 aromatic carbocycles. The molecule has 6 heteroatoms. The van der Waals surface area contributed by atoms with Gasteiger partial charge in [0, 0.05) is 25.5 Å². The zero-order chi connectivity index (χ0) is 13.0. The van der Waals surface area contributed by atoms with Crippen LogP contribution in [0.2, 0.25) is 0 Å². The molecule has 2 rings (SSSR count). The molecule has 1 saturated heterocycles. The van der Waals surface area contributed by atoms with E-state index in [9.17, 15) is 4.79 Å². The summed E-state index contributed by atoms with van der Waals surface area (Å²) in [6.45, 7) is 6.15. The average molecular weight is 250 g/mol. The maximum absolute atomic E-state index is 11.0. The number of likely N-dealkylation sites (tertiary alicyclic amines) is 1. The molecule has 1 aliphatic rings. The van der Waals surface area contributed by atoms with E-state index in [4.69, 9.17) is 5.11 Å². The molecule has 1 aromatic rings. The van der Waals surface area contributed by atoms with Gasteiger partial charge in [0.15, 0.2) is 11.5 Å². The van der Waals surface area contributed by atoms with Gasteiger partial charge < -0.3 is 15.3 Å². The number of rotatable bonds is 5. The molecule has 2 N–H and O–H groups in total. The molecule has 0 bridgehead atoms. The van der Waals surface area contributed by atoms with Crippen molar-refractivity contribution in [1.82, 2.24) is 14.9 Å². The van der Waals surface area contributed by atoms with Crippen LogP contribution in [0.15, 0.2) is 12.4 Å². The van der Waals surface area contributed by atoms with Crippen molar-refractivity contribution in [3.8, 4) is 0 Å². The van der Waals surface area contributed by atoms with Crippen molar-refractivity contribution in [3.05, 3.63) is 18.1 Å². The minimum Gasteiger partial charge on any atom is -0.476 e. The van der Waals surface area contributed by atoms with Crippen LogP contribution in [0.3, 0.4) is 0 Å². The van der Waals surface area contributed by atoms with Crippen molar-refractivity contribution in [1.29, 1.82) is 0 Å². The van der Waals surface area contributed by atoms with Crippen LogP contribution in [0.25, 0.3) is 0 Å². The first-order valence-corrected chi connectivity index (χ1v) is 6.21. The molecule has 0 radical (unpaired) electrons. The zero-order valence-electron chi connectivity index (χ0n) is 10.5. The molecule has 0 saturated carbocycles. The Kier molecular flexibility index (Phi) is 4.09. The number of hydrogen-bond acceptors (Lipinski definition) is 5. The topological polar surface area (TPSA) is 78.3 Å². The van der Waals surface area contributed by atoms with Crippen molar-refractivity contribution >= 4 is 11.8 Å². The lowest BCUT2D eigenvalue weighted by atomic mass is 10.1. The summed E-state index contributed by atoms with van der Waals surface area (Å²) in [7, 11) is 0. The highest BCUT2D eigenvalue weighted by Gasteiger charge is 2.21. The second-order valence-electron chi connectivity index (χ2n) is 4.49. The van der Waals surface area contributed by atoms with Gasteiger partial charge in [-0.15, -0.1) is 0 Å². The summed E-state index contributed by atoms with van der Waals surface area (Å²) in [5.41, 5.74) is -0.0113. The largest absolute Gasteiger partial charge is 0.476 e. The quantitative estimate of drug-likeness (QED) is 0.809. The molecule has 1 aromatic heterocycles. The lowest BCUT2D eigenvalue weighted by Gasteiger charge is -2.14. The molecule has 2 heterocycles. The third kappa shape index (κ3) is 2.95. The van der Waals surface area contributed by atoms with Crippen molar-refractivity contribution in [3.63, 3.8) is 0 Å². The smallest absolute Gasteiger partial charge is 0.358 e. The minimum atomic E-state index is -1.05. The number of carboxylic acid groups (broad SMARTS) is 1. The van der Waals surface area contributed by atoms with E-state index >= 15 is 0 Å². The van der Waals surface area contributed by atoms with Crippen LogP contribution < -0.4 is 5.32 Å². The number of aromatic carboxylic acids is 1. The lowest BCUT2D eigenvalue weighted by Crippen LogP contribution is -2.23. The van der Waals surface area contributed by atoms with E-state index in [1.165, 1.54) is 12.4 Å². The lowest BCUT2D eigenvalue weighted by molar-refractivity contribution is 0.0691. The van der Waals surface area contributed by atoms with E-state index in [0.29, 0.717) is 11.7 Å². The molecule has 98 valence electrons. The number of nitrogens with zero attached hydrogens (tertiary/aromatic N) is 3. The van der Waals surface area contributed by atoms with E-state index in [-0.39, 0.29) is 5.69 Å². The molecular weight excluding hydrogens is 232 g/mol. The zero-order valence-corrected chi connectivity index (χ0v) is 10.5. The van der Waals surface area contributed by atoms with Crippen molar-refractivity contribution in [2.75, 3.05) is 31.5 Å². The number of aromatic nitrogens is 2. The van der Waals surface area contributed by atoms with Crippen LogP contribution >= 0.6 is 0 Å². The van der Waals surface area contributed by atoms with Gasteiger partial charge in [-0.1, -0.05) is 6.92 Å². The number of hydrogen-bond donors (Lipinski definition) is 2. The second-order valence-corrected chi connectivity index (χ2v) is 4.49. The summed E-state index contributed by atoms with van der Waals surface area (Å²) in [5, 5.41) is 12.1. The van der Waals surface area contributed by atoms with Gasteiger partial charge in [0.2, 0.25) is 0 Å². The normalized spacial score (nSPS) is 19.9. The van der Waals surface area contributed by atoms with Gasteiger partial charge in [-0.25, -0.2) is 14.8 Å². The number of nitrogens with one attached hydrogen (secondary N) is 1. The number of anilines is 1. The third-order valence-electron chi connectivity index (χ3n) is 3.28. The van der Waals surface area contributed by atoms with Gasteiger partial charge >= 0.3 is 5.97 Å². The van der Waals surface area contributed by atoms with Crippen LogP contribution in [0.1, 0.15) is 23.8 Å². The molecule has 0 aliphatic carbocycles. The van der Waals surface area contributed by atoms with Gasteiger partial charge in [0.1, 0.15) is 0 Å². The molecule has 18 heavy (non-hydrogen) atoms. The van der Waals surface area contributed by atoms with Crippen LogP contribution in [0.5, 0.6) is 0 Å². The Morgan fingerprint density at radius 1 is 1.56 bits per heavy atom. The highest BCUT2D eigenvalue weighted by Crippen LogP contribution is 2.17. The average Bonchev–Trinajstić information content (AvgIpc) is 2.84. The Morgan fingerprint density at radius 2 is 2.33 bits per heavy atom. The summed E-state index contributed by atoms with van der Waals surface area (Å²) in [6.07, 6.45) is 4.04. The molecular formula is C12H18N4O2. The van der Waals surface area contributed by atoms with Crippen LogP contribution in [-0.2, 0) is 0 Å². The second kappa shape index (κ2) is 5.77. The predicted octanol–water partition coefficient (Wildman–Crippen LogP) is 0.928. The van der Waals surface area contributed by atoms with Gasteiger partial charge in [-0.05, 0) is 25.4 Å². The molecule has 1 fully saturated rings. The van der Waals surface area contributed by atoms with Gasteiger partial charge in [0.05, 0.1) is 0 Å². The predicted molar refractivity (Wildman–Crippen MR) is 67.7 cm³/mol. The maximum atomic E-state index is 11.0. The van der Waals surface area contributed by atoms with E-state index in [1.54, 1.807) is 0 Å². The highest BCUT2D eigenvalue weighted by atomic mass is 16.4. The third-order valence-corrected chi connectivity index (χ3v) is 3.28. The number of carbonyl (C=O) groups is 1. The first kappa shape index (κ1) is 12.8. The van der Waals surface area contributed by atoms with Gasteiger partial charge in [0.25, 0.3) is 0 Å². The van der Waals surface area contributed by atoms with E-state index in [0.717, 1.165) is 32.6 Å². The minimum absolute atomic E-state index is 0.0113. The van der Waals surface area contributed by atoms with Crippen molar-refractivity contribution in [2.45, 2.75) is 13.3 Å². The Balaban J connectivity index is 1.92. The SMILES string of the molecule is CCN1CCC(CNc2nccnc2C(=O)O)C1. The van der Waals surface area contributed by atoms with Crippen LogP contribution in [0, 0.1) is 5.92 Å². The Bertz CT molecular complexity index is 424. The first-order valence-electron chi connectivity index (χ1n) is 6.21. The molecule has 1 aliphatic heterocycles. The Labute approximate surface area is 106 Å². The van der Waals surface area contributed by atoms with E-state index < -0.39 is 5.97 Å². The van der Waals surface area contributed by atoms with E-state index in [2.05, 4.69) is 27.1 Å². The molecule has 0 amide bonds. The Morgan fingerprint density at radius 3 is 3.00 bits per heavy atom. The fraction of sp³-hybridized carbons (Fsp3) is 0.583. The summed E-state index contributed by atoms with van der Waals surface area (Å²) in [5.74, 6) is -0.138. The van der Waals surface area contributed by atoms with Gasteiger partial charge in [-0.3, -0.25) is 0 Å². The molecule has 6 nitrogen and oxygen atoms in total. The van der Waals surface area contributed by atoms with Gasteiger partial charge in [-0.2, -0.15) is 0 Å². The number of carboxylic acids is 1. The fourth-order valence-corrected chi connectivity index (χ4v) is 2.23. The molecule has 0 spiro atoms. The Hall–Kier alpha value is -1.69. The first-order chi connectivity index (χ1) is 8.70. The molecule has 1 atom stereocenters. The summed E-state index contributed by atoms with van der Waals surface area (Å²) < 4.78 is 0. The highest BCUT2D eigenvalue weighted by molar-refractivity contribution is 5.90. The summed E-state index contributed by atoms with van der Waals surface area (Å²) in [4.78, 5) is 21.2. The summed E-state index contributed by atoms with van der Waals surface area (Å²) >= 11 is 0. The maximum Gasteiger partial charge on any atom is 0.358 e. The van der Waals surface area contributed by atoms with Crippen molar-refractivity contribution < 1.29 is 9.90 Å². The standard InChI is InChI=1S/C12H18N4O2/c1-2-16-6-3-9(8-16)7-15-11-10(12(17)18)13-4-5-14-11/h4-5,9H,2-3,6-8H2,1H3,(H,14,15)(H,17,18). The fourth-order valence-electron chi connectivity index (χ4n) is 2.23. The van der Waals surface area contributed by atoms with E-state index in [1.807, 2.05) is 0 Å². The monoisotopic (exact) mass is 250 g/mol. The molecule has 1 unspecified atom stereocenters. The van der Waals surface area contributed by atoms with Crippen LogP contribution in [0.4, 0.5) is 5.82 Å².